The van der Waals surface area contributed by atoms with Crippen LogP contribution >= 0.6 is 15.0 Å². The molecule has 5 atom stereocenters. The highest BCUT2D eigenvalue weighted by Gasteiger charge is 2.57. The fourth-order valence-corrected chi connectivity index (χ4v) is 9.34. The minimum atomic E-state index is -4.87. The van der Waals surface area contributed by atoms with Gasteiger partial charge >= 0.3 is 19.7 Å². The molecule has 1 aliphatic carbocycles. The number of piperidine rings is 1. The number of carboxylic acid groups (broad SMARTS) is 1. The highest BCUT2D eigenvalue weighted by molar-refractivity contribution is 7.73. The first-order valence-corrected chi connectivity index (χ1v) is 18.4. The molecule has 258 valence electrons. The zero-order valence-electron chi connectivity index (χ0n) is 25.2. The van der Waals surface area contributed by atoms with Gasteiger partial charge in [0.15, 0.2) is 17.3 Å². The van der Waals surface area contributed by atoms with Gasteiger partial charge in [0.25, 0.3) is 0 Å². The molecule has 14 nitrogen and oxygen atoms in total. The van der Waals surface area contributed by atoms with E-state index in [-0.39, 0.29) is 60.3 Å². The highest BCUT2D eigenvalue weighted by atomic mass is 31.2. The first-order valence-electron chi connectivity index (χ1n) is 14.5. The van der Waals surface area contributed by atoms with Crippen molar-refractivity contribution in [3.63, 3.8) is 0 Å². The summed E-state index contributed by atoms with van der Waals surface area (Å²) in [6, 6.07) is 8.57. The van der Waals surface area contributed by atoms with E-state index < -0.39 is 66.3 Å². The molecule has 2 fully saturated rings. The Bertz CT molecular complexity index is 2140. The molecule has 1 saturated heterocycles. The van der Waals surface area contributed by atoms with E-state index in [1.54, 1.807) is 4.90 Å². The predicted molar refractivity (Wildman–Crippen MR) is 168 cm³/mol. The summed E-state index contributed by atoms with van der Waals surface area (Å²) in [5.41, 5.74) is -2.04. The molecule has 1 aliphatic heterocycles. The van der Waals surface area contributed by atoms with E-state index in [0.29, 0.717) is 11.6 Å². The van der Waals surface area contributed by atoms with Gasteiger partial charge in [-0.1, -0.05) is 12.1 Å². The van der Waals surface area contributed by atoms with Crippen LogP contribution in [0.5, 0.6) is 5.75 Å². The Labute approximate surface area is 274 Å². The minimum absolute atomic E-state index is 0.0993. The fourth-order valence-electron chi connectivity index (χ4n) is 6.11. The summed E-state index contributed by atoms with van der Waals surface area (Å²) in [7, 11) is -9.00. The average molecular weight is 723 g/mol. The van der Waals surface area contributed by atoms with Crippen molar-refractivity contribution in [3.05, 3.63) is 93.5 Å². The number of rotatable bonds is 9. The number of benzene rings is 2. The maximum Gasteiger partial charge on any atom is 0.412 e. The number of halogens is 3. The second kappa shape index (κ2) is 12.4. The molecule has 0 bridgehead atoms. The van der Waals surface area contributed by atoms with E-state index in [1.165, 1.54) is 24.3 Å². The lowest BCUT2D eigenvalue weighted by Crippen LogP contribution is -2.36. The van der Waals surface area contributed by atoms with Crippen LogP contribution in [0.15, 0.2) is 59.5 Å². The van der Waals surface area contributed by atoms with Gasteiger partial charge in [0.05, 0.1) is 11.1 Å². The number of hydrogen-bond acceptors (Lipinski definition) is 8. The summed E-state index contributed by atoms with van der Waals surface area (Å²) in [5.74, 6) is -4.89. The van der Waals surface area contributed by atoms with Crippen LogP contribution in [0.25, 0.3) is 16.7 Å². The van der Waals surface area contributed by atoms with Gasteiger partial charge in [-0.2, -0.15) is 0 Å². The molecule has 4 aromatic rings. The third-order valence-electron chi connectivity index (χ3n) is 8.58. The molecule has 2 aromatic carbocycles. The number of aromatic nitrogens is 2. The van der Waals surface area contributed by atoms with Gasteiger partial charge in [-0.05, 0) is 42.3 Å². The Hall–Kier alpha value is -4.53. The summed E-state index contributed by atoms with van der Waals surface area (Å²) in [4.78, 5) is 71.7. The van der Waals surface area contributed by atoms with E-state index in [1.807, 2.05) is 0 Å². The number of ether oxygens (including phenoxy) is 1. The van der Waals surface area contributed by atoms with Crippen LogP contribution in [-0.4, -0.2) is 72.6 Å². The SMILES string of the molecule is CP(=O)(O)C(Cc1ccc(OC(=O)NC2[C@H]3CN(c4nc5c(cc4F)c(=O)c(C(=O)O)cn5-c4ccc(F)cc4F)C[C@@H]23)cc1)P(=O)(O)O. The molecule has 2 aromatic heterocycles. The molecular weight excluding hydrogens is 695 g/mol. The van der Waals surface area contributed by atoms with Crippen molar-refractivity contribution in [2.24, 2.45) is 11.8 Å². The van der Waals surface area contributed by atoms with E-state index in [2.05, 4.69) is 10.3 Å². The van der Waals surface area contributed by atoms with Gasteiger partial charge < -0.3 is 34.7 Å². The van der Waals surface area contributed by atoms with Crippen molar-refractivity contribution >= 4 is 43.9 Å². The number of carbonyl (C=O) groups excluding carboxylic acids is 1. The van der Waals surface area contributed by atoms with Gasteiger partial charge in [-0.15, -0.1) is 0 Å². The topological polar surface area (TPSA) is 209 Å². The summed E-state index contributed by atoms with van der Waals surface area (Å²) >= 11 is 0. The predicted octanol–water partition coefficient (Wildman–Crippen LogP) is 3.67. The molecule has 6 rings (SSSR count). The number of fused-ring (bicyclic) bond motifs is 2. The zero-order chi connectivity index (χ0) is 35.6. The van der Waals surface area contributed by atoms with Crippen LogP contribution in [-0.2, 0) is 15.6 Å². The van der Waals surface area contributed by atoms with Crippen molar-refractivity contribution < 1.29 is 56.4 Å². The normalized spacial score (nSPS) is 20.4. The molecule has 2 aliphatic rings. The third-order valence-corrected chi connectivity index (χ3v) is 13.0. The first kappa shape index (κ1) is 34.3. The summed E-state index contributed by atoms with van der Waals surface area (Å²) in [6.45, 7) is 1.33. The maximum absolute atomic E-state index is 15.4. The lowest BCUT2D eigenvalue weighted by atomic mass is 10.1. The van der Waals surface area contributed by atoms with Crippen LogP contribution in [0.4, 0.5) is 23.8 Å². The van der Waals surface area contributed by atoms with Crippen molar-refractivity contribution in [2.45, 2.75) is 17.9 Å². The molecule has 3 unspecified atom stereocenters. The Kier molecular flexibility index (Phi) is 8.70. The Balaban J connectivity index is 1.14. The van der Waals surface area contributed by atoms with Gasteiger partial charge in [0, 0.05) is 49.9 Å². The molecule has 1 amide bonds. The number of aromatic carboxylic acids is 1. The molecule has 0 radical (unpaired) electrons. The lowest BCUT2D eigenvalue weighted by Gasteiger charge is -2.23. The van der Waals surface area contributed by atoms with Gasteiger partial charge in [0.1, 0.15) is 28.3 Å². The number of carbonyl (C=O) groups is 2. The Morgan fingerprint density at radius 3 is 2.24 bits per heavy atom. The van der Waals surface area contributed by atoms with Crippen molar-refractivity contribution in [3.8, 4) is 11.4 Å². The summed E-state index contributed by atoms with van der Waals surface area (Å²) in [5, 5.41) is 10.0. The van der Waals surface area contributed by atoms with Crippen LogP contribution < -0.4 is 20.4 Å². The number of anilines is 1. The largest absolute Gasteiger partial charge is 0.477 e. The van der Waals surface area contributed by atoms with Crippen LogP contribution in [0.2, 0.25) is 0 Å². The molecule has 19 heteroatoms. The molecular formula is C30H27F3N4O10P2. The Morgan fingerprint density at radius 2 is 1.67 bits per heavy atom. The molecule has 5 N–H and O–H groups in total. The van der Waals surface area contributed by atoms with E-state index >= 15 is 4.39 Å². The second-order valence-electron chi connectivity index (χ2n) is 12.0. The average Bonchev–Trinajstić information content (AvgIpc) is 3.41. The van der Waals surface area contributed by atoms with E-state index in [9.17, 15) is 52.1 Å². The number of hydrogen-bond donors (Lipinski definition) is 5. The zero-order valence-corrected chi connectivity index (χ0v) is 27.0. The number of pyridine rings is 2. The maximum atomic E-state index is 15.4. The van der Waals surface area contributed by atoms with Gasteiger partial charge in [-0.25, -0.2) is 27.7 Å². The van der Waals surface area contributed by atoms with Crippen LogP contribution in [0.3, 0.4) is 0 Å². The number of carboxylic acids is 1. The standard InChI is InChI=1S/C30H27F3N4O10P2/c1-48(42,43)24(49(44,45)46)8-14-2-5-16(6-3-14)47-30(41)34-25-18-11-36(12-19(18)25)28-22(33)10-17-26(38)20(29(39)40)13-37(27(17)35-28)23-7-4-15(31)9-21(23)32/h2-7,9-10,13,18-19,24-25H,8,11-12H2,1H3,(H,34,41)(H,39,40)(H,42,43)(H2,44,45,46)/t18-,19+,24?,25?. The quantitative estimate of drug-likeness (QED) is 0.157. The van der Waals surface area contributed by atoms with Gasteiger partial charge in [0.2, 0.25) is 12.8 Å². The third kappa shape index (κ3) is 6.85. The van der Waals surface area contributed by atoms with Crippen LogP contribution in [0, 0.1) is 29.3 Å². The first-order chi connectivity index (χ1) is 22.9. The molecule has 3 heterocycles. The summed E-state index contributed by atoms with van der Waals surface area (Å²) < 4.78 is 73.7. The van der Waals surface area contributed by atoms with Gasteiger partial charge in [-0.3, -0.25) is 18.5 Å². The van der Waals surface area contributed by atoms with E-state index in [4.69, 9.17) is 4.74 Å². The van der Waals surface area contributed by atoms with Crippen molar-refractivity contribution in [2.75, 3.05) is 24.7 Å². The smallest absolute Gasteiger partial charge is 0.412 e. The highest BCUT2D eigenvalue weighted by Crippen LogP contribution is 2.61. The Morgan fingerprint density at radius 1 is 1.02 bits per heavy atom. The molecule has 49 heavy (non-hydrogen) atoms. The summed E-state index contributed by atoms with van der Waals surface area (Å²) in [6.07, 6.45) is -0.328. The number of nitrogens with one attached hydrogen (secondary N) is 1. The van der Waals surface area contributed by atoms with E-state index in [0.717, 1.165) is 35.6 Å². The minimum Gasteiger partial charge on any atom is -0.477 e. The fraction of sp³-hybridized carbons (Fsp3) is 0.267. The number of nitrogens with zero attached hydrogens (tertiary/aromatic N) is 3. The second-order valence-corrected chi connectivity index (χ2v) is 16.7. The molecule has 0 spiro atoms. The van der Waals surface area contributed by atoms with Crippen molar-refractivity contribution in [1.29, 1.82) is 0 Å². The van der Waals surface area contributed by atoms with Crippen molar-refractivity contribution in [1.82, 2.24) is 14.9 Å². The lowest BCUT2D eigenvalue weighted by molar-refractivity contribution is 0.0695. The number of amides is 1. The monoisotopic (exact) mass is 722 g/mol. The molecule has 1 saturated carbocycles. The van der Waals surface area contributed by atoms with Crippen LogP contribution in [0.1, 0.15) is 15.9 Å².